The van der Waals surface area contributed by atoms with Crippen LogP contribution in [0.3, 0.4) is 0 Å². The van der Waals surface area contributed by atoms with Crippen molar-refractivity contribution in [1.29, 1.82) is 0 Å². The normalized spacial score (nSPS) is 29.8. The van der Waals surface area contributed by atoms with Gasteiger partial charge in [0, 0.05) is 5.92 Å². The number of fused-ring (bicyclic) bond motifs is 4. The molecule has 3 fully saturated rings. The summed E-state index contributed by atoms with van der Waals surface area (Å²) >= 11 is 0. The van der Waals surface area contributed by atoms with Crippen LogP contribution in [0.2, 0.25) is 0 Å². The molecule has 6 unspecified atom stereocenters. The molecule has 7 nitrogen and oxygen atoms in total. The number of amides is 4. The molecule has 4 amide bonds. The Bertz CT molecular complexity index is 1690. The van der Waals surface area contributed by atoms with E-state index in [1.807, 2.05) is 69.3 Å². The Morgan fingerprint density at radius 1 is 0.837 bits per heavy atom. The second kappa shape index (κ2) is 9.76. The number of carbonyl (C=O) groups excluding carboxylic acids is 4. The van der Waals surface area contributed by atoms with Gasteiger partial charge in [0.25, 0.3) is 0 Å². The number of hydrogen-bond donors (Lipinski definition) is 1. The van der Waals surface area contributed by atoms with Gasteiger partial charge < -0.3 is 5.11 Å². The molecule has 1 saturated carbocycles. The first-order valence-corrected chi connectivity index (χ1v) is 15.0. The van der Waals surface area contributed by atoms with Crippen LogP contribution in [0.1, 0.15) is 47.9 Å². The minimum absolute atomic E-state index is 0.171. The Hall–Kier alpha value is -4.52. The summed E-state index contributed by atoms with van der Waals surface area (Å²) in [6, 6.07) is 22.3. The topological polar surface area (TPSA) is 95.0 Å². The molecule has 3 aromatic carbocycles. The van der Waals surface area contributed by atoms with Crippen molar-refractivity contribution in [3.8, 4) is 5.75 Å². The van der Waals surface area contributed by atoms with Crippen molar-refractivity contribution in [2.45, 2.75) is 46.1 Å². The Labute approximate surface area is 250 Å². The van der Waals surface area contributed by atoms with E-state index in [0.717, 1.165) is 16.7 Å². The average Bonchev–Trinajstić information content (AvgIpc) is 3.36. The maximum absolute atomic E-state index is 14.5. The second-order valence-corrected chi connectivity index (χ2v) is 12.7. The molecular formula is C36H34N2O5. The summed E-state index contributed by atoms with van der Waals surface area (Å²) in [5.74, 6) is -3.31. The van der Waals surface area contributed by atoms with Gasteiger partial charge in [0.05, 0.1) is 35.4 Å². The predicted octanol–water partition coefficient (Wildman–Crippen LogP) is 5.44. The number of hydrogen-bond acceptors (Lipinski definition) is 5. The number of nitrogens with zero attached hydrogens (tertiary/aromatic N) is 2. The highest BCUT2D eigenvalue weighted by Crippen LogP contribution is 2.63. The summed E-state index contributed by atoms with van der Waals surface area (Å²) in [7, 11) is 0. The van der Waals surface area contributed by atoms with Crippen LogP contribution in [0.25, 0.3) is 0 Å². The first-order chi connectivity index (χ1) is 20.6. The zero-order valence-electron chi connectivity index (χ0n) is 24.5. The molecule has 6 atom stereocenters. The molecule has 0 aromatic heterocycles. The fourth-order valence-corrected chi connectivity index (χ4v) is 8.36. The molecular weight excluding hydrogens is 540 g/mol. The SMILES string of the molecule is Cc1cc(C2C3=CCC4C(=O)N(Cc5ccccc5)C(=O)C4C3CC3C(=O)N(c4ccccc4)C(=O)C32C)cc(C)c1O. The molecule has 7 rings (SSSR count). The van der Waals surface area contributed by atoms with E-state index in [1.165, 1.54) is 9.80 Å². The van der Waals surface area contributed by atoms with Crippen molar-refractivity contribution in [2.24, 2.45) is 29.1 Å². The van der Waals surface area contributed by atoms with E-state index in [-0.39, 0.29) is 41.8 Å². The number of imide groups is 2. The molecule has 43 heavy (non-hydrogen) atoms. The third-order valence-corrected chi connectivity index (χ3v) is 10.4. The molecule has 0 bridgehead atoms. The summed E-state index contributed by atoms with van der Waals surface area (Å²) in [5, 5.41) is 10.6. The molecule has 2 heterocycles. The molecule has 2 saturated heterocycles. The van der Waals surface area contributed by atoms with Crippen molar-refractivity contribution in [3.63, 3.8) is 0 Å². The lowest BCUT2D eigenvalue weighted by molar-refractivity contribution is -0.141. The molecule has 218 valence electrons. The summed E-state index contributed by atoms with van der Waals surface area (Å²) in [6.07, 6.45) is 2.79. The molecule has 4 aliphatic rings. The number of anilines is 1. The maximum Gasteiger partial charge on any atom is 0.241 e. The van der Waals surface area contributed by atoms with Crippen LogP contribution in [0.5, 0.6) is 5.75 Å². The van der Waals surface area contributed by atoms with E-state index < -0.39 is 29.1 Å². The standard InChI is InChI=1S/C36H34N2O5/c1-20-16-23(17-21(2)31(20)39)30-25-14-15-26-29(34(42)37(32(26)40)19-22-10-6-4-7-11-22)27(25)18-28-33(41)38(35(43)36(28,30)3)24-12-8-5-9-13-24/h4-14,16-17,26-30,39H,15,18-19H2,1-3H3. The van der Waals surface area contributed by atoms with E-state index in [1.54, 1.807) is 24.3 Å². The Morgan fingerprint density at radius 2 is 1.47 bits per heavy atom. The number of phenolic OH excluding ortho intramolecular Hbond substituents is 1. The Morgan fingerprint density at radius 3 is 2.12 bits per heavy atom. The lowest BCUT2D eigenvalue weighted by Crippen LogP contribution is -2.48. The fourth-order valence-electron chi connectivity index (χ4n) is 8.36. The minimum atomic E-state index is -1.10. The van der Waals surface area contributed by atoms with Gasteiger partial charge in [-0.05, 0) is 73.9 Å². The lowest BCUT2D eigenvalue weighted by Gasteiger charge is -2.49. The average molecular weight is 575 g/mol. The van der Waals surface area contributed by atoms with Gasteiger partial charge in [-0.2, -0.15) is 0 Å². The number of aromatic hydroxyl groups is 1. The maximum atomic E-state index is 14.5. The highest BCUT2D eigenvalue weighted by Gasteiger charge is 2.67. The highest BCUT2D eigenvalue weighted by molar-refractivity contribution is 6.24. The van der Waals surface area contributed by atoms with E-state index in [2.05, 4.69) is 6.08 Å². The molecule has 3 aromatic rings. The zero-order valence-corrected chi connectivity index (χ0v) is 24.5. The van der Waals surface area contributed by atoms with Crippen molar-refractivity contribution < 1.29 is 24.3 Å². The Kier molecular flexibility index (Phi) is 6.20. The molecule has 2 aliphatic heterocycles. The van der Waals surface area contributed by atoms with Crippen LogP contribution in [0.4, 0.5) is 5.69 Å². The quantitative estimate of drug-likeness (QED) is 0.331. The van der Waals surface area contributed by atoms with Crippen LogP contribution in [0.15, 0.2) is 84.4 Å². The Balaban J connectivity index is 1.36. The van der Waals surface area contributed by atoms with E-state index >= 15 is 0 Å². The van der Waals surface area contributed by atoms with Crippen LogP contribution in [-0.2, 0) is 25.7 Å². The molecule has 0 spiro atoms. The number of benzene rings is 3. The first kappa shape index (κ1) is 27.3. The van der Waals surface area contributed by atoms with Gasteiger partial charge in [0.2, 0.25) is 23.6 Å². The molecule has 0 radical (unpaired) electrons. The van der Waals surface area contributed by atoms with E-state index in [0.29, 0.717) is 29.7 Å². The van der Waals surface area contributed by atoms with Crippen LogP contribution in [-0.4, -0.2) is 33.6 Å². The zero-order chi connectivity index (χ0) is 30.2. The predicted molar refractivity (Wildman–Crippen MR) is 161 cm³/mol. The van der Waals surface area contributed by atoms with Crippen molar-refractivity contribution in [2.75, 3.05) is 4.90 Å². The molecule has 2 aliphatic carbocycles. The second-order valence-electron chi connectivity index (χ2n) is 12.7. The van der Waals surface area contributed by atoms with Gasteiger partial charge in [-0.3, -0.25) is 24.1 Å². The summed E-state index contributed by atoms with van der Waals surface area (Å²) in [6.45, 7) is 5.76. The van der Waals surface area contributed by atoms with Crippen molar-refractivity contribution in [1.82, 2.24) is 4.90 Å². The number of carbonyl (C=O) groups is 4. The van der Waals surface area contributed by atoms with Crippen LogP contribution < -0.4 is 4.90 Å². The van der Waals surface area contributed by atoms with Crippen molar-refractivity contribution >= 4 is 29.3 Å². The van der Waals surface area contributed by atoms with Crippen LogP contribution in [0, 0.1) is 42.9 Å². The number of allylic oxidation sites excluding steroid dienone is 2. The summed E-state index contributed by atoms with van der Waals surface area (Å²) < 4.78 is 0. The van der Waals surface area contributed by atoms with Gasteiger partial charge >= 0.3 is 0 Å². The third-order valence-electron chi connectivity index (χ3n) is 10.4. The molecule has 7 heteroatoms. The number of phenols is 1. The third kappa shape index (κ3) is 3.87. The van der Waals surface area contributed by atoms with Gasteiger partial charge in [0.1, 0.15) is 5.75 Å². The van der Waals surface area contributed by atoms with E-state index in [9.17, 15) is 24.3 Å². The van der Waals surface area contributed by atoms with Gasteiger partial charge in [-0.25, -0.2) is 4.90 Å². The van der Waals surface area contributed by atoms with E-state index in [4.69, 9.17) is 0 Å². The van der Waals surface area contributed by atoms with Gasteiger partial charge in [0.15, 0.2) is 0 Å². The summed E-state index contributed by atoms with van der Waals surface area (Å²) in [5.41, 5.74) is 3.46. The lowest BCUT2D eigenvalue weighted by atomic mass is 9.51. The smallest absolute Gasteiger partial charge is 0.241 e. The van der Waals surface area contributed by atoms with Gasteiger partial charge in [-0.15, -0.1) is 0 Å². The number of likely N-dealkylation sites (tertiary alicyclic amines) is 1. The molecule has 1 N–H and O–H groups in total. The van der Waals surface area contributed by atoms with Gasteiger partial charge in [-0.1, -0.05) is 72.3 Å². The highest BCUT2D eigenvalue weighted by atomic mass is 16.3. The fraction of sp³-hybridized carbons (Fsp3) is 0.333. The van der Waals surface area contributed by atoms with Crippen LogP contribution >= 0.6 is 0 Å². The number of aryl methyl sites for hydroxylation is 2. The van der Waals surface area contributed by atoms with Crippen molar-refractivity contribution in [3.05, 3.63) is 107 Å². The largest absolute Gasteiger partial charge is 0.507 e. The minimum Gasteiger partial charge on any atom is -0.507 e. The summed E-state index contributed by atoms with van der Waals surface area (Å²) in [4.78, 5) is 59.2. The number of para-hydroxylation sites is 1. The first-order valence-electron chi connectivity index (χ1n) is 15.0. The number of rotatable bonds is 4. The monoisotopic (exact) mass is 574 g/mol.